The summed E-state index contributed by atoms with van der Waals surface area (Å²) in [4.78, 5) is 27.5. The van der Waals surface area contributed by atoms with E-state index in [2.05, 4.69) is 25.1 Å². The summed E-state index contributed by atoms with van der Waals surface area (Å²) in [6.45, 7) is 4.48. The van der Waals surface area contributed by atoms with E-state index in [4.69, 9.17) is 0 Å². The molecule has 0 saturated carbocycles. The van der Waals surface area contributed by atoms with E-state index in [1.165, 1.54) is 11.0 Å². The van der Waals surface area contributed by atoms with Crippen LogP contribution in [0, 0.1) is 6.92 Å². The first-order valence-electron chi connectivity index (χ1n) is 10.2. The van der Waals surface area contributed by atoms with Gasteiger partial charge in [0.1, 0.15) is 17.5 Å². The normalized spacial score (nSPS) is 14.1. The molecular weight excluding hydrogens is 392 g/mol. The fourth-order valence-electron chi connectivity index (χ4n) is 3.67. The Bertz CT molecular complexity index is 1180. The average Bonchev–Trinajstić information content (AvgIpc) is 3.52. The first-order valence-corrected chi connectivity index (χ1v) is 10.2. The van der Waals surface area contributed by atoms with Crippen LogP contribution in [0.5, 0.6) is 0 Å². The molecule has 0 atom stereocenters. The molecular formula is C22H22N8O. The van der Waals surface area contributed by atoms with Crippen LogP contribution in [0.3, 0.4) is 0 Å². The number of amides is 1. The Balaban J connectivity index is 1.27. The number of aryl methyl sites for hydroxylation is 1. The van der Waals surface area contributed by atoms with Gasteiger partial charge in [-0.05, 0) is 31.2 Å². The minimum absolute atomic E-state index is 0.103. The molecule has 1 aliphatic heterocycles. The molecule has 0 N–H and O–H groups in total. The second-order valence-corrected chi connectivity index (χ2v) is 7.36. The number of rotatable bonds is 4. The summed E-state index contributed by atoms with van der Waals surface area (Å²) >= 11 is 0. The summed E-state index contributed by atoms with van der Waals surface area (Å²) in [6, 6.07) is 15.5. The lowest BCUT2D eigenvalue weighted by atomic mass is 10.2. The van der Waals surface area contributed by atoms with Crippen molar-refractivity contribution in [3.05, 3.63) is 78.6 Å². The Labute approximate surface area is 179 Å². The predicted molar refractivity (Wildman–Crippen MR) is 116 cm³/mol. The molecule has 1 aromatic carbocycles. The number of nitrogens with zero attached hydrogens (tertiary/aromatic N) is 8. The van der Waals surface area contributed by atoms with Crippen molar-refractivity contribution in [2.75, 3.05) is 31.1 Å². The summed E-state index contributed by atoms with van der Waals surface area (Å²) < 4.78 is 1.97. The first-order chi connectivity index (χ1) is 15.2. The van der Waals surface area contributed by atoms with Gasteiger partial charge in [-0.3, -0.25) is 4.79 Å². The summed E-state index contributed by atoms with van der Waals surface area (Å²) in [5.41, 5.74) is 1.18. The van der Waals surface area contributed by atoms with Gasteiger partial charge in [0.25, 0.3) is 5.91 Å². The highest BCUT2D eigenvalue weighted by molar-refractivity contribution is 5.92. The number of hydrogen-bond acceptors (Lipinski definition) is 6. The van der Waals surface area contributed by atoms with Gasteiger partial charge in [0.15, 0.2) is 5.69 Å². The molecule has 3 aromatic heterocycles. The highest BCUT2D eigenvalue weighted by Crippen LogP contribution is 2.18. The zero-order chi connectivity index (χ0) is 21.2. The third kappa shape index (κ3) is 3.89. The average molecular weight is 414 g/mol. The van der Waals surface area contributed by atoms with Gasteiger partial charge >= 0.3 is 0 Å². The molecule has 1 fully saturated rings. The summed E-state index contributed by atoms with van der Waals surface area (Å²) in [6.07, 6.45) is 5.45. The van der Waals surface area contributed by atoms with E-state index in [1.807, 2.05) is 77.3 Å². The minimum atomic E-state index is -0.103. The zero-order valence-electron chi connectivity index (χ0n) is 17.2. The van der Waals surface area contributed by atoms with Crippen LogP contribution in [0.25, 0.3) is 11.5 Å². The van der Waals surface area contributed by atoms with Crippen molar-refractivity contribution in [3.8, 4) is 11.5 Å². The molecule has 31 heavy (non-hydrogen) atoms. The fourth-order valence-corrected chi connectivity index (χ4v) is 3.67. The van der Waals surface area contributed by atoms with Crippen LogP contribution in [0.15, 0.2) is 67.1 Å². The molecule has 1 saturated heterocycles. The van der Waals surface area contributed by atoms with E-state index in [-0.39, 0.29) is 5.91 Å². The molecule has 0 radical (unpaired) electrons. The Hall–Kier alpha value is -4.01. The van der Waals surface area contributed by atoms with E-state index in [9.17, 15) is 4.79 Å². The number of benzene rings is 1. The zero-order valence-corrected chi connectivity index (χ0v) is 17.2. The number of hydrogen-bond donors (Lipinski definition) is 0. The fraction of sp³-hybridized carbons (Fsp3) is 0.227. The first kappa shape index (κ1) is 19.0. The number of piperazine rings is 1. The van der Waals surface area contributed by atoms with Gasteiger partial charge in [0.2, 0.25) is 0 Å². The second-order valence-electron chi connectivity index (χ2n) is 7.36. The Morgan fingerprint density at radius 3 is 2.35 bits per heavy atom. The maximum Gasteiger partial charge on any atom is 0.276 e. The molecule has 0 aliphatic carbocycles. The van der Waals surface area contributed by atoms with Gasteiger partial charge in [-0.25, -0.2) is 9.97 Å². The Morgan fingerprint density at radius 1 is 0.903 bits per heavy atom. The van der Waals surface area contributed by atoms with Crippen molar-refractivity contribution >= 4 is 11.7 Å². The van der Waals surface area contributed by atoms with Crippen molar-refractivity contribution < 1.29 is 4.79 Å². The summed E-state index contributed by atoms with van der Waals surface area (Å²) in [7, 11) is 0. The van der Waals surface area contributed by atoms with Crippen LogP contribution in [0.1, 0.15) is 16.3 Å². The molecule has 1 aliphatic rings. The number of anilines is 1. The number of para-hydroxylation sites is 1. The molecule has 0 spiro atoms. The molecule has 5 rings (SSSR count). The predicted octanol–water partition coefficient (Wildman–Crippen LogP) is 2.12. The van der Waals surface area contributed by atoms with Gasteiger partial charge in [-0.1, -0.05) is 18.2 Å². The quantitative estimate of drug-likeness (QED) is 0.509. The van der Waals surface area contributed by atoms with Crippen molar-refractivity contribution in [3.63, 3.8) is 0 Å². The third-order valence-electron chi connectivity index (χ3n) is 5.27. The SMILES string of the molecule is Cc1nc(N2CCN(C(=O)c3cnn(-c4ccccc4)n3)CC2)cc(-n2cccc2)n1. The molecule has 9 heteroatoms. The topological polar surface area (TPSA) is 85.0 Å². The molecule has 4 aromatic rings. The van der Waals surface area contributed by atoms with Crippen molar-refractivity contribution in [2.45, 2.75) is 6.92 Å². The standard InChI is InChI=1S/C22H22N8O/c1-17-24-20(27-9-5-6-10-27)15-21(25-17)28-11-13-29(14-12-28)22(31)19-16-23-30(26-19)18-7-3-2-4-8-18/h2-10,15-16H,11-14H2,1H3. The van der Waals surface area contributed by atoms with Crippen molar-refractivity contribution in [1.29, 1.82) is 0 Å². The van der Waals surface area contributed by atoms with Gasteiger partial charge in [0.05, 0.1) is 11.9 Å². The number of aromatic nitrogens is 6. The lowest BCUT2D eigenvalue weighted by Gasteiger charge is -2.35. The molecule has 9 nitrogen and oxygen atoms in total. The maximum atomic E-state index is 12.9. The monoisotopic (exact) mass is 414 g/mol. The van der Waals surface area contributed by atoms with E-state index in [0.717, 1.165) is 23.1 Å². The van der Waals surface area contributed by atoms with Crippen LogP contribution in [-0.2, 0) is 0 Å². The third-order valence-corrected chi connectivity index (χ3v) is 5.27. The summed E-state index contributed by atoms with van der Waals surface area (Å²) in [5.74, 6) is 2.33. The van der Waals surface area contributed by atoms with Gasteiger partial charge < -0.3 is 14.4 Å². The van der Waals surface area contributed by atoms with E-state index >= 15 is 0 Å². The Kier molecular flexibility index (Phi) is 4.91. The lowest BCUT2D eigenvalue weighted by molar-refractivity contribution is 0.0740. The van der Waals surface area contributed by atoms with E-state index in [0.29, 0.717) is 31.9 Å². The van der Waals surface area contributed by atoms with E-state index < -0.39 is 0 Å². The van der Waals surface area contributed by atoms with E-state index in [1.54, 1.807) is 0 Å². The lowest BCUT2D eigenvalue weighted by Crippen LogP contribution is -2.49. The minimum Gasteiger partial charge on any atom is -0.353 e. The van der Waals surface area contributed by atoms with Gasteiger partial charge in [-0.2, -0.15) is 9.90 Å². The largest absolute Gasteiger partial charge is 0.353 e. The second kappa shape index (κ2) is 8.02. The van der Waals surface area contributed by atoms with Crippen molar-refractivity contribution in [1.82, 2.24) is 34.4 Å². The van der Waals surface area contributed by atoms with Crippen LogP contribution in [0.4, 0.5) is 5.82 Å². The van der Waals surface area contributed by atoms with Gasteiger partial charge in [0, 0.05) is 44.6 Å². The Morgan fingerprint density at radius 2 is 1.61 bits per heavy atom. The van der Waals surface area contributed by atoms with Crippen LogP contribution in [-0.4, -0.2) is 66.5 Å². The highest BCUT2D eigenvalue weighted by atomic mass is 16.2. The maximum absolute atomic E-state index is 12.9. The molecule has 156 valence electrons. The molecule has 1 amide bonds. The van der Waals surface area contributed by atoms with Crippen LogP contribution >= 0.6 is 0 Å². The van der Waals surface area contributed by atoms with Crippen LogP contribution in [0.2, 0.25) is 0 Å². The molecule has 0 bridgehead atoms. The molecule has 0 unspecified atom stereocenters. The van der Waals surface area contributed by atoms with Crippen LogP contribution < -0.4 is 4.90 Å². The van der Waals surface area contributed by atoms with Crippen molar-refractivity contribution in [2.24, 2.45) is 0 Å². The smallest absolute Gasteiger partial charge is 0.276 e. The van der Waals surface area contributed by atoms with Gasteiger partial charge in [-0.15, -0.1) is 5.10 Å². The molecule has 4 heterocycles. The summed E-state index contributed by atoms with van der Waals surface area (Å²) in [5, 5.41) is 8.60. The highest BCUT2D eigenvalue weighted by Gasteiger charge is 2.25. The number of carbonyl (C=O) groups is 1. The number of carbonyl (C=O) groups excluding carboxylic acids is 1.